The van der Waals surface area contributed by atoms with Crippen molar-refractivity contribution < 1.29 is 18.6 Å². The average Bonchev–Trinajstić information content (AvgIpc) is 3.58. The smallest absolute Gasteiger partial charge is 0.311 e. The van der Waals surface area contributed by atoms with Gasteiger partial charge >= 0.3 is 7.37 Å². The predicted octanol–water partition coefficient (Wildman–Crippen LogP) is 13.1. The zero-order valence-corrected chi connectivity index (χ0v) is 35.8. The van der Waals surface area contributed by atoms with E-state index in [9.17, 15) is 0 Å². The van der Waals surface area contributed by atoms with Crippen LogP contribution in [-0.4, -0.2) is 4.57 Å². The lowest BCUT2D eigenvalue weighted by molar-refractivity contribution is 0.304. The third kappa shape index (κ3) is 7.02. The van der Waals surface area contributed by atoms with E-state index in [0.717, 1.165) is 49.7 Å². The molecular weight excluding hydrogens is 746 g/mol. The summed E-state index contributed by atoms with van der Waals surface area (Å²) in [4.78, 5) is 0. The second kappa shape index (κ2) is 14.7. The van der Waals surface area contributed by atoms with E-state index >= 15 is 4.57 Å². The molecule has 0 N–H and O–H groups in total. The van der Waals surface area contributed by atoms with Crippen molar-refractivity contribution >= 4 is 39.8 Å². The van der Waals surface area contributed by atoms with Crippen LogP contribution in [0.3, 0.4) is 0 Å². The van der Waals surface area contributed by atoms with Crippen LogP contribution >= 0.6 is 7.37 Å². The Balaban J connectivity index is 1.33. The zero-order valence-electron chi connectivity index (χ0n) is 34.9. The first-order valence-corrected chi connectivity index (χ1v) is 22.0. The van der Waals surface area contributed by atoms with Crippen molar-refractivity contribution in [1.29, 1.82) is 0 Å². The van der Waals surface area contributed by atoms with Crippen molar-refractivity contribution in [3.05, 3.63) is 179 Å². The minimum Gasteiger partial charge on any atom is -0.487 e. The summed E-state index contributed by atoms with van der Waals surface area (Å²) in [6.45, 7) is 16.0. The molecule has 2 heterocycles. The SMILES string of the molecule is Cc1ccc(COc2c(P3(=O)Oc4ccccc4-c4ccccc43)cc(OCc3ccc(C(C)(C)C)cc3)c3c2c2ccccc2n3-c2ccc(C(C)(C)C)cc2)cc1. The molecule has 296 valence electrons. The van der Waals surface area contributed by atoms with E-state index in [4.69, 9.17) is 14.0 Å². The van der Waals surface area contributed by atoms with E-state index < -0.39 is 7.37 Å². The summed E-state index contributed by atoms with van der Waals surface area (Å²) in [5.74, 6) is 1.67. The molecule has 1 aliphatic rings. The Morgan fingerprint density at radius 1 is 0.593 bits per heavy atom. The third-order valence-corrected chi connectivity index (χ3v) is 13.9. The molecule has 5 nitrogen and oxygen atoms in total. The fourth-order valence-electron chi connectivity index (χ4n) is 8.14. The number of hydrogen-bond acceptors (Lipinski definition) is 4. The first kappa shape index (κ1) is 38.5. The number of nitrogens with zero attached hydrogens (tertiary/aromatic N) is 1. The second-order valence-electron chi connectivity index (χ2n) is 17.8. The highest BCUT2D eigenvalue weighted by Crippen LogP contribution is 2.57. The minimum atomic E-state index is -3.89. The molecule has 8 aromatic rings. The Morgan fingerprint density at radius 3 is 1.83 bits per heavy atom. The lowest BCUT2D eigenvalue weighted by Gasteiger charge is -2.30. The fraction of sp³-hybridized carbons (Fsp3) is 0.208. The summed E-state index contributed by atoms with van der Waals surface area (Å²) in [6, 6.07) is 51.8. The summed E-state index contributed by atoms with van der Waals surface area (Å²) >= 11 is 0. The Kier molecular flexibility index (Phi) is 9.56. The molecule has 0 saturated heterocycles. The van der Waals surface area contributed by atoms with Gasteiger partial charge in [0.15, 0.2) is 0 Å². The Bertz CT molecular complexity index is 2890. The first-order chi connectivity index (χ1) is 28.3. The third-order valence-electron chi connectivity index (χ3n) is 11.5. The highest BCUT2D eigenvalue weighted by atomic mass is 31.2. The number of rotatable bonds is 8. The van der Waals surface area contributed by atoms with Gasteiger partial charge < -0.3 is 18.6 Å². The molecule has 0 spiro atoms. The lowest BCUT2D eigenvalue weighted by atomic mass is 9.87. The number of para-hydroxylation sites is 2. The summed E-state index contributed by atoms with van der Waals surface area (Å²) < 4.78 is 39.4. The normalized spacial score (nSPS) is 15.1. The molecule has 0 aliphatic carbocycles. The van der Waals surface area contributed by atoms with Gasteiger partial charge in [-0.25, -0.2) is 0 Å². The molecule has 0 fully saturated rings. The number of fused-ring (bicyclic) bond motifs is 6. The number of ether oxygens (including phenoxy) is 2. The molecule has 1 atom stereocenters. The molecule has 6 heteroatoms. The van der Waals surface area contributed by atoms with Crippen molar-refractivity contribution in [3.63, 3.8) is 0 Å². The number of aryl methyl sites for hydroxylation is 1. The van der Waals surface area contributed by atoms with E-state index in [1.54, 1.807) is 0 Å². The minimum absolute atomic E-state index is 0.0108. The fourth-order valence-corrected chi connectivity index (χ4v) is 10.6. The van der Waals surface area contributed by atoms with E-state index in [2.05, 4.69) is 144 Å². The maximum absolute atomic E-state index is 16.3. The Morgan fingerprint density at radius 2 is 1.15 bits per heavy atom. The van der Waals surface area contributed by atoms with Crippen LogP contribution in [0.1, 0.15) is 69.4 Å². The van der Waals surface area contributed by atoms with Gasteiger partial charge in [-0.3, -0.25) is 4.57 Å². The lowest BCUT2D eigenvalue weighted by Crippen LogP contribution is -2.27. The summed E-state index contributed by atoms with van der Waals surface area (Å²) in [5, 5.41) is 2.87. The molecule has 1 unspecified atom stereocenters. The number of aromatic nitrogens is 1. The van der Waals surface area contributed by atoms with Gasteiger partial charge in [0, 0.05) is 22.7 Å². The van der Waals surface area contributed by atoms with Crippen LogP contribution in [0.15, 0.2) is 152 Å². The van der Waals surface area contributed by atoms with Crippen molar-refractivity contribution in [2.24, 2.45) is 0 Å². The number of benzene rings is 7. The first-order valence-electron chi connectivity index (χ1n) is 20.4. The average molecular weight is 796 g/mol. The van der Waals surface area contributed by atoms with Gasteiger partial charge in [-0.1, -0.05) is 162 Å². The van der Waals surface area contributed by atoms with E-state index in [1.807, 2.05) is 60.7 Å². The Hall–Kier alpha value is -6.03. The van der Waals surface area contributed by atoms with Crippen LogP contribution < -0.4 is 24.6 Å². The van der Waals surface area contributed by atoms with Crippen LogP contribution in [0.2, 0.25) is 0 Å². The van der Waals surface area contributed by atoms with Crippen LogP contribution in [-0.2, 0) is 28.6 Å². The van der Waals surface area contributed by atoms with E-state index in [1.165, 1.54) is 16.7 Å². The molecule has 0 bridgehead atoms. The van der Waals surface area contributed by atoms with Gasteiger partial charge in [0.2, 0.25) is 0 Å². The van der Waals surface area contributed by atoms with Crippen LogP contribution in [0.5, 0.6) is 17.2 Å². The highest BCUT2D eigenvalue weighted by Gasteiger charge is 2.42. The van der Waals surface area contributed by atoms with Crippen LogP contribution in [0, 0.1) is 6.92 Å². The molecule has 0 saturated carbocycles. The standard InChI is InChI=1S/C53H50NO4P/c1-35-20-22-36(23-21-35)34-57-51-48(59(55)47-19-13-10-15-42(47)41-14-9-12-18-45(41)58-59)32-46(56-33-37-24-26-38(27-25-37)52(2,3)4)50-49(51)43-16-8-11-17-44(43)54(50)40-30-28-39(29-31-40)53(5,6)7/h8-32H,33-34H2,1-7H3. The van der Waals surface area contributed by atoms with Crippen molar-refractivity contribution in [1.82, 2.24) is 4.57 Å². The molecule has 59 heavy (non-hydrogen) atoms. The molecule has 0 amide bonds. The quantitative estimate of drug-likeness (QED) is 0.144. The van der Waals surface area contributed by atoms with Crippen molar-refractivity contribution in [3.8, 4) is 34.1 Å². The molecular formula is C53H50NO4P. The predicted molar refractivity (Wildman–Crippen MR) is 244 cm³/mol. The topological polar surface area (TPSA) is 49.7 Å². The number of hydrogen-bond donors (Lipinski definition) is 0. The van der Waals surface area contributed by atoms with Gasteiger partial charge in [0.25, 0.3) is 0 Å². The summed E-state index contributed by atoms with van der Waals surface area (Å²) in [5.41, 5.74) is 10.3. The molecule has 1 aliphatic heterocycles. The van der Waals surface area contributed by atoms with E-state index in [0.29, 0.717) is 34.5 Å². The van der Waals surface area contributed by atoms with Gasteiger partial charge in [-0.2, -0.15) is 0 Å². The maximum atomic E-state index is 16.3. The Labute approximate surface area is 347 Å². The zero-order chi connectivity index (χ0) is 41.1. The largest absolute Gasteiger partial charge is 0.487 e. The molecule has 7 aromatic carbocycles. The highest BCUT2D eigenvalue weighted by molar-refractivity contribution is 7.75. The summed E-state index contributed by atoms with van der Waals surface area (Å²) in [6.07, 6.45) is 0. The summed E-state index contributed by atoms with van der Waals surface area (Å²) in [7, 11) is -3.89. The molecule has 1 aromatic heterocycles. The van der Waals surface area contributed by atoms with Crippen LogP contribution in [0.25, 0.3) is 38.6 Å². The van der Waals surface area contributed by atoms with Gasteiger partial charge in [0.1, 0.15) is 36.0 Å². The van der Waals surface area contributed by atoms with Crippen LogP contribution in [0.4, 0.5) is 0 Å². The molecule has 0 radical (unpaired) electrons. The van der Waals surface area contributed by atoms with Crippen molar-refractivity contribution in [2.45, 2.75) is 72.5 Å². The van der Waals surface area contributed by atoms with Gasteiger partial charge in [0.05, 0.1) is 21.5 Å². The monoisotopic (exact) mass is 795 g/mol. The van der Waals surface area contributed by atoms with Crippen molar-refractivity contribution in [2.75, 3.05) is 0 Å². The second-order valence-corrected chi connectivity index (χ2v) is 20.0. The van der Waals surface area contributed by atoms with Gasteiger partial charge in [-0.05, 0) is 75.9 Å². The van der Waals surface area contributed by atoms with E-state index in [-0.39, 0.29) is 17.4 Å². The van der Waals surface area contributed by atoms with Gasteiger partial charge in [-0.15, -0.1) is 0 Å². The maximum Gasteiger partial charge on any atom is 0.311 e. The molecule has 9 rings (SSSR count).